The Kier molecular flexibility index (Phi) is 4.19. The number of carbonyl (C=O) groups is 1. The Morgan fingerprint density at radius 3 is 2.68 bits per heavy atom. The number of amides is 1. The van der Waals surface area contributed by atoms with E-state index in [9.17, 15) is 4.79 Å². The van der Waals surface area contributed by atoms with Crippen molar-refractivity contribution in [2.45, 2.75) is 38.6 Å². The van der Waals surface area contributed by atoms with Gasteiger partial charge in [0, 0.05) is 31.6 Å². The highest BCUT2D eigenvalue weighted by Gasteiger charge is 2.21. The van der Waals surface area contributed by atoms with Crippen LogP contribution >= 0.6 is 0 Å². The van der Waals surface area contributed by atoms with Crippen LogP contribution in [0.2, 0.25) is 0 Å². The van der Waals surface area contributed by atoms with Crippen molar-refractivity contribution in [2.75, 3.05) is 24.2 Å². The monoisotopic (exact) mass is 263 g/mol. The molecule has 1 fully saturated rings. The molecule has 0 bridgehead atoms. The maximum absolute atomic E-state index is 11.2. The van der Waals surface area contributed by atoms with Gasteiger partial charge in [-0.2, -0.15) is 0 Å². The second-order valence-corrected chi connectivity index (χ2v) is 5.07. The van der Waals surface area contributed by atoms with Crippen LogP contribution in [0.25, 0.3) is 0 Å². The molecule has 1 aromatic rings. The van der Waals surface area contributed by atoms with E-state index < -0.39 is 0 Å². The lowest BCUT2D eigenvalue weighted by atomic mass is 10.0. The van der Waals surface area contributed by atoms with Gasteiger partial charge in [-0.3, -0.25) is 4.79 Å². The van der Waals surface area contributed by atoms with Gasteiger partial charge in [-0.15, -0.1) is 0 Å². The molecule has 1 atom stereocenters. The van der Waals surface area contributed by atoms with Gasteiger partial charge < -0.3 is 16.0 Å². The van der Waals surface area contributed by atoms with Crippen molar-refractivity contribution in [1.29, 1.82) is 0 Å². The Morgan fingerprint density at radius 1 is 1.37 bits per heavy atom. The normalized spacial score (nSPS) is 19.2. The summed E-state index contributed by atoms with van der Waals surface area (Å²) in [5, 5.41) is 9.39. The second kappa shape index (κ2) is 5.86. The number of piperidine rings is 1. The summed E-state index contributed by atoms with van der Waals surface area (Å²) in [7, 11) is 1.86. The van der Waals surface area contributed by atoms with Gasteiger partial charge in [0.05, 0.1) is 0 Å². The topological polar surface area (TPSA) is 78.9 Å². The third-order valence-corrected chi connectivity index (χ3v) is 3.30. The van der Waals surface area contributed by atoms with E-state index in [1.54, 1.807) is 6.33 Å². The van der Waals surface area contributed by atoms with Gasteiger partial charge in [0.1, 0.15) is 18.0 Å². The fourth-order valence-corrected chi connectivity index (χ4v) is 2.31. The maximum atomic E-state index is 11.2. The first-order valence-corrected chi connectivity index (χ1v) is 6.67. The second-order valence-electron chi connectivity index (χ2n) is 5.07. The largest absolute Gasteiger partial charge is 0.373 e. The zero-order valence-corrected chi connectivity index (χ0v) is 11.7. The summed E-state index contributed by atoms with van der Waals surface area (Å²) in [6.45, 7) is 4.88. The third-order valence-electron chi connectivity index (χ3n) is 3.30. The number of hydrogen-bond acceptors (Lipinski definition) is 5. The minimum absolute atomic E-state index is 0.126. The Bertz CT molecular complexity index is 450. The summed E-state index contributed by atoms with van der Waals surface area (Å²) in [5.41, 5.74) is 1.09. The summed E-state index contributed by atoms with van der Waals surface area (Å²) < 4.78 is 0. The molecular weight excluding hydrogens is 242 g/mol. The quantitative estimate of drug-likeness (QED) is 0.764. The summed E-state index contributed by atoms with van der Waals surface area (Å²) >= 11 is 0. The van der Waals surface area contributed by atoms with Crippen molar-refractivity contribution in [3.8, 4) is 0 Å². The lowest BCUT2D eigenvalue weighted by Gasteiger charge is -2.26. The van der Waals surface area contributed by atoms with Gasteiger partial charge in [0.15, 0.2) is 0 Å². The zero-order valence-electron chi connectivity index (χ0n) is 11.7. The van der Waals surface area contributed by atoms with E-state index in [1.165, 1.54) is 0 Å². The first kappa shape index (κ1) is 13.6. The molecule has 0 spiro atoms. The molecule has 0 saturated carbocycles. The highest BCUT2D eigenvalue weighted by molar-refractivity contribution is 5.77. The molecule has 0 radical (unpaired) electrons. The highest BCUT2D eigenvalue weighted by atomic mass is 16.1. The van der Waals surface area contributed by atoms with Crippen LogP contribution in [0, 0.1) is 0 Å². The van der Waals surface area contributed by atoms with Crippen LogP contribution in [-0.2, 0) is 4.79 Å². The van der Waals surface area contributed by atoms with Crippen LogP contribution in [0.5, 0.6) is 0 Å². The predicted molar refractivity (Wildman–Crippen MR) is 75.3 cm³/mol. The average Bonchev–Trinajstić information content (AvgIpc) is 2.40. The van der Waals surface area contributed by atoms with Gasteiger partial charge in [-0.1, -0.05) is 13.8 Å². The molecule has 1 saturated heterocycles. The Hall–Kier alpha value is -1.85. The van der Waals surface area contributed by atoms with Crippen LogP contribution in [0.4, 0.5) is 11.6 Å². The average molecular weight is 263 g/mol. The zero-order chi connectivity index (χ0) is 13.8. The van der Waals surface area contributed by atoms with Gasteiger partial charge in [-0.25, -0.2) is 9.97 Å². The van der Waals surface area contributed by atoms with Gasteiger partial charge >= 0.3 is 0 Å². The minimum atomic E-state index is 0.126. The Morgan fingerprint density at radius 2 is 2.11 bits per heavy atom. The number of anilines is 2. The fraction of sp³-hybridized carbons (Fsp3) is 0.615. The summed E-state index contributed by atoms with van der Waals surface area (Å²) in [4.78, 5) is 19.8. The van der Waals surface area contributed by atoms with Gasteiger partial charge in [0.25, 0.3) is 0 Å². The molecule has 1 aromatic heterocycles. The number of carbonyl (C=O) groups excluding carboxylic acids is 1. The van der Waals surface area contributed by atoms with Crippen molar-refractivity contribution < 1.29 is 4.79 Å². The molecule has 1 aliphatic rings. The van der Waals surface area contributed by atoms with Crippen LogP contribution in [0.15, 0.2) is 6.33 Å². The van der Waals surface area contributed by atoms with E-state index in [-0.39, 0.29) is 11.9 Å². The van der Waals surface area contributed by atoms with Gasteiger partial charge in [-0.05, 0) is 12.3 Å². The number of nitrogens with one attached hydrogen (secondary N) is 3. The molecule has 1 unspecified atom stereocenters. The predicted octanol–water partition coefficient (Wildman–Crippen LogP) is 1.33. The number of hydrogen-bond donors (Lipinski definition) is 3. The third kappa shape index (κ3) is 3.13. The number of aromatic nitrogens is 2. The summed E-state index contributed by atoms with van der Waals surface area (Å²) in [5.74, 6) is 2.16. The molecule has 2 rings (SSSR count). The van der Waals surface area contributed by atoms with Crippen molar-refractivity contribution in [1.82, 2.24) is 15.3 Å². The molecule has 104 valence electrons. The lowest BCUT2D eigenvalue weighted by Crippen LogP contribution is -2.42. The van der Waals surface area contributed by atoms with E-state index >= 15 is 0 Å². The Labute approximate surface area is 113 Å². The minimum Gasteiger partial charge on any atom is -0.373 e. The van der Waals surface area contributed by atoms with Crippen molar-refractivity contribution in [3.63, 3.8) is 0 Å². The highest BCUT2D eigenvalue weighted by Crippen LogP contribution is 2.28. The van der Waals surface area contributed by atoms with E-state index in [0.717, 1.165) is 23.6 Å². The lowest BCUT2D eigenvalue weighted by molar-refractivity contribution is -0.122. The van der Waals surface area contributed by atoms with Crippen LogP contribution in [-0.4, -0.2) is 35.5 Å². The number of rotatable bonds is 4. The molecule has 6 heteroatoms. The number of nitrogens with zero attached hydrogens (tertiary/aromatic N) is 2. The van der Waals surface area contributed by atoms with E-state index in [4.69, 9.17) is 0 Å². The first-order chi connectivity index (χ1) is 9.11. The SMILES string of the molecule is CNc1ncnc(NC2CCC(=O)NC2)c1C(C)C. The van der Waals surface area contributed by atoms with Gasteiger partial charge in [0.2, 0.25) is 5.91 Å². The van der Waals surface area contributed by atoms with Crippen LogP contribution < -0.4 is 16.0 Å². The van der Waals surface area contributed by atoms with Crippen LogP contribution in [0.3, 0.4) is 0 Å². The summed E-state index contributed by atoms with van der Waals surface area (Å²) in [6.07, 6.45) is 2.96. The van der Waals surface area contributed by atoms with E-state index in [0.29, 0.717) is 18.9 Å². The molecule has 0 aliphatic carbocycles. The van der Waals surface area contributed by atoms with Crippen LogP contribution in [0.1, 0.15) is 38.2 Å². The molecular formula is C13H21N5O. The first-order valence-electron chi connectivity index (χ1n) is 6.67. The molecule has 6 nitrogen and oxygen atoms in total. The van der Waals surface area contributed by atoms with Crippen molar-refractivity contribution in [2.24, 2.45) is 0 Å². The molecule has 0 aromatic carbocycles. The van der Waals surface area contributed by atoms with E-state index in [2.05, 4.69) is 39.8 Å². The standard InChI is InChI=1S/C13H21N5O/c1-8(2)11-12(14-3)16-7-17-13(11)18-9-4-5-10(19)15-6-9/h7-9H,4-6H2,1-3H3,(H,15,19)(H2,14,16,17,18). The Balaban J connectivity index is 2.17. The maximum Gasteiger partial charge on any atom is 0.220 e. The molecule has 19 heavy (non-hydrogen) atoms. The molecule has 2 heterocycles. The summed E-state index contributed by atoms with van der Waals surface area (Å²) in [6, 6.07) is 0.231. The molecule has 1 aliphatic heterocycles. The van der Waals surface area contributed by atoms with Crippen molar-refractivity contribution >= 4 is 17.5 Å². The van der Waals surface area contributed by atoms with Crippen molar-refractivity contribution in [3.05, 3.63) is 11.9 Å². The van der Waals surface area contributed by atoms with E-state index in [1.807, 2.05) is 7.05 Å². The molecule has 1 amide bonds. The molecule has 3 N–H and O–H groups in total. The fourth-order valence-electron chi connectivity index (χ4n) is 2.31. The smallest absolute Gasteiger partial charge is 0.220 e.